The van der Waals surface area contributed by atoms with E-state index in [4.69, 9.17) is 6.42 Å². The summed E-state index contributed by atoms with van der Waals surface area (Å²) in [6.07, 6.45) is 5.77. The van der Waals surface area contributed by atoms with Gasteiger partial charge in [-0.25, -0.2) is 8.42 Å². The van der Waals surface area contributed by atoms with Gasteiger partial charge in [0.2, 0.25) is 10.0 Å². The van der Waals surface area contributed by atoms with Crippen LogP contribution in [0.4, 0.5) is 0 Å². The summed E-state index contributed by atoms with van der Waals surface area (Å²) >= 11 is 5.00. The molecule has 0 radical (unpaired) electrons. The lowest BCUT2D eigenvalue weighted by Crippen LogP contribution is -2.27. The number of carbonyl (C=O) groups is 1. The first-order valence-electron chi connectivity index (χ1n) is 6.98. The smallest absolute Gasteiger partial charge is 0.251 e. The minimum atomic E-state index is -3.72. The van der Waals surface area contributed by atoms with Gasteiger partial charge in [0.1, 0.15) is 0 Å². The highest BCUT2D eigenvalue weighted by molar-refractivity contribution is 9.11. The van der Waals surface area contributed by atoms with E-state index >= 15 is 0 Å². The van der Waals surface area contributed by atoms with Crippen LogP contribution < -0.4 is 10.0 Å². The molecule has 0 bridgehead atoms. The van der Waals surface area contributed by atoms with Gasteiger partial charge in [-0.05, 0) is 52.7 Å². The van der Waals surface area contributed by atoms with E-state index < -0.39 is 10.0 Å². The second-order valence-electron chi connectivity index (χ2n) is 4.77. The summed E-state index contributed by atoms with van der Waals surface area (Å²) < 4.78 is 27.4. The maximum atomic E-state index is 12.2. The average molecular weight is 427 g/mol. The molecule has 5 nitrogen and oxygen atoms in total. The van der Waals surface area contributed by atoms with E-state index in [2.05, 4.69) is 31.9 Å². The summed E-state index contributed by atoms with van der Waals surface area (Å²) in [7, 11) is -3.72. The van der Waals surface area contributed by atoms with Crippen LogP contribution in [0.3, 0.4) is 0 Å². The van der Waals surface area contributed by atoms with Gasteiger partial charge in [-0.1, -0.05) is 12.0 Å². The van der Waals surface area contributed by atoms with E-state index in [9.17, 15) is 13.2 Å². The Balaban J connectivity index is 2.00. The first kappa shape index (κ1) is 18.7. The minimum Gasteiger partial charge on any atom is -0.352 e. The lowest BCUT2D eigenvalue weighted by molar-refractivity contribution is 0.0954. The zero-order valence-corrected chi connectivity index (χ0v) is 15.8. The Morgan fingerprint density at radius 3 is 2.75 bits per heavy atom. The normalized spacial score (nSPS) is 11.0. The van der Waals surface area contributed by atoms with Gasteiger partial charge in [-0.15, -0.1) is 17.8 Å². The predicted octanol–water partition coefficient (Wildman–Crippen LogP) is 2.39. The molecule has 2 rings (SSSR count). The van der Waals surface area contributed by atoms with Crippen molar-refractivity contribution in [3.05, 3.63) is 50.6 Å². The van der Waals surface area contributed by atoms with Crippen LogP contribution in [0.1, 0.15) is 15.2 Å². The molecule has 126 valence electrons. The summed E-state index contributed by atoms with van der Waals surface area (Å²) in [4.78, 5) is 13.3. The molecule has 0 aliphatic rings. The molecule has 24 heavy (non-hydrogen) atoms. The summed E-state index contributed by atoms with van der Waals surface area (Å²) in [5.41, 5.74) is 0.283. The van der Waals surface area contributed by atoms with E-state index in [0.717, 1.165) is 8.66 Å². The molecular weight excluding hydrogens is 412 g/mol. The fraction of sp³-hybridized carbons (Fsp3) is 0.188. The minimum absolute atomic E-state index is 0.00703. The zero-order chi connectivity index (χ0) is 17.6. The van der Waals surface area contributed by atoms with Crippen molar-refractivity contribution in [2.75, 3.05) is 13.1 Å². The Morgan fingerprint density at radius 1 is 1.29 bits per heavy atom. The van der Waals surface area contributed by atoms with Gasteiger partial charge in [0.05, 0.1) is 15.2 Å². The van der Waals surface area contributed by atoms with Crippen LogP contribution in [0.2, 0.25) is 0 Å². The molecule has 1 amide bonds. The molecule has 0 saturated heterocycles. The number of carbonyl (C=O) groups excluding carboxylic acids is 1. The van der Waals surface area contributed by atoms with Gasteiger partial charge in [0.15, 0.2) is 0 Å². The Hall–Kier alpha value is -1.66. The SMILES string of the molecule is C#CCNS(=O)(=O)c1cccc(C(=O)NCCc2ccc(Br)s2)c1. The molecular formula is C16H15BrN2O3S2. The van der Waals surface area contributed by atoms with E-state index in [1.54, 1.807) is 17.4 Å². The molecule has 1 aromatic carbocycles. The van der Waals surface area contributed by atoms with Crippen molar-refractivity contribution >= 4 is 43.2 Å². The number of rotatable bonds is 7. The molecule has 0 aliphatic carbocycles. The molecule has 8 heteroatoms. The lowest BCUT2D eigenvalue weighted by Gasteiger charge is -2.07. The largest absolute Gasteiger partial charge is 0.352 e. The number of amides is 1. The van der Waals surface area contributed by atoms with Crippen molar-refractivity contribution in [1.82, 2.24) is 10.0 Å². The van der Waals surface area contributed by atoms with E-state index in [1.807, 2.05) is 12.1 Å². The monoisotopic (exact) mass is 426 g/mol. The number of hydrogen-bond acceptors (Lipinski definition) is 4. The van der Waals surface area contributed by atoms with Gasteiger partial charge in [0.25, 0.3) is 5.91 Å². The number of sulfonamides is 1. The maximum Gasteiger partial charge on any atom is 0.251 e. The third kappa shape index (κ3) is 5.18. The standard InChI is InChI=1S/C16H15BrN2O3S2/c1-2-9-19-24(21,22)14-5-3-4-12(11-14)16(20)18-10-8-13-6-7-15(17)23-13/h1,3-7,11,19H,8-10H2,(H,18,20). The van der Waals surface area contributed by atoms with Crippen LogP contribution in [0.25, 0.3) is 0 Å². The van der Waals surface area contributed by atoms with Crippen LogP contribution in [0.5, 0.6) is 0 Å². The Kier molecular flexibility index (Phi) is 6.57. The highest BCUT2D eigenvalue weighted by Gasteiger charge is 2.15. The van der Waals surface area contributed by atoms with Crippen molar-refractivity contribution in [2.45, 2.75) is 11.3 Å². The summed E-state index contributed by atoms with van der Waals surface area (Å²) in [6.45, 7) is 0.368. The predicted molar refractivity (Wildman–Crippen MR) is 98.5 cm³/mol. The third-order valence-electron chi connectivity index (χ3n) is 3.06. The van der Waals surface area contributed by atoms with E-state index in [-0.39, 0.29) is 22.9 Å². The molecule has 1 heterocycles. The molecule has 0 spiro atoms. The molecule has 2 aromatic rings. The summed E-state index contributed by atoms with van der Waals surface area (Å²) in [5.74, 6) is 1.88. The molecule has 2 N–H and O–H groups in total. The van der Waals surface area contributed by atoms with Crippen molar-refractivity contribution in [2.24, 2.45) is 0 Å². The van der Waals surface area contributed by atoms with Gasteiger partial charge in [0, 0.05) is 17.0 Å². The number of terminal acetylenes is 1. The number of halogens is 1. The zero-order valence-electron chi connectivity index (χ0n) is 12.6. The van der Waals surface area contributed by atoms with Crippen LogP contribution in [0, 0.1) is 12.3 Å². The number of hydrogen-bond donors (Lipinski definition) is 2. The second kappa shape index (κ2) is 8.44. The molecule has 0 atom stereocenters. The van der Waals surface area contributed by atoms with Gasteiger partial charge in [-0.3, -0.25) is 4.79 Å². The highest BCUT2D eigenvalue weighted by Crippen LogP contribution is 2.22. The van der Waals surface area contributed by atoms with Gasteiger partial charge in [-0.2, -0.15) is 4.72 Å². The van der Waals surface area contributed by atoms with Crippen LogP contribution in [-0.2, 0) is 16.4 Å². The number of nitrogens with one attached hydrogen (secondary N) is 2. The van der Waals surface area contributed by atoms with Crippen LogP contribution in [-0.4, -0.2) is 27.4 Å². The van der Waals surface area contributed by atoms with Crippen molar-refractivity contribution in [3.63, 3.8) is 0 Å². The van der Waals surface area contributed by atoms with E-state index in [1.165, 1.54) is 18.2 Å². The quantitative estimate of drug-likeness (QED) is 0.667. The molecule has 0 fully saturated rings. The second-order valence-corrected chi connectivity index (χ2v) is 9.08. The Morgan fingerprint density at radius 2 is 2.08 bits per heavy atom. The fourth-order valence-corrected chi connectivity index (χ4v) is 4.37. The van der Waals surface area contributed by atoms with Crippen molar-refractivity contribution in [3.8, 4) is 12.3 Å². The Bertz CT molecular complexity index is 869. The average Bonchev–Trinajstić information content (AvgIpc) is 2.98. The van der Waals surface area contributed by atoms with Gasteiger partial charge >= 0.3 is 0 Å². The maximum absolute atomic E-state index is 12.2. The number of benzene rings is 1. The number of thiophene rings is 1. The Labute approximate surface area is 153 Å². The molecule has 0 aliphatic heterocycles. The topological polar surface area (TPSA) is 75.3 Å². The molecule has 0 unspecified atom stereocenters. The summed E-state index contributed by atoms with van der Waals surface area (Å²) in [5, 5.41) is 2.78. The first-order valence-corrected chi connectivity index (χ1v) is 10.1. The van der Waals surface area contributed by atoms with Gasteiger partial charge < -0.3 is 5.32 Å². The lowest BCUT2D eigenvalue weighted by atomic mass is 10.2. The van der Waals surface area contributed by atoms with Crippen molar-refractivity contribution < 1.29 is 13.2 Å². The van der Waals surface area contributed by atoms with Crippen molar-refractivity contribution in [1.29, 1.82) is 0 Å². The third-order valence-corrected chi connectivity index (χ3v) is 6.14. The highest BCUT2D eigenvalue weighted by atomic mass is 79.9. The molecule has 1 aromatic heterocycles. The first-order chi connectivity index (χ1) is 11.4. The molecule has 0 saturated carbocycles. The van der Waals surface area contributed by atoms with E-state index in [0.29, 0.717) is 13.0 Å². The van der Waals surface area contributed by atoms with Crippen LogP contribution >= 0.6 is 27.3 Å². The summed E-state index contributed by atoms with van der Waals surface area (Å²) in [6, 6.07) is 9.78. The fourth-order valence-electron chi connectivity index (χ4n) is 1.91. The van der Waals surface area contributed by atoms with Crippen LogP contribution in [0.15, 0.2) is 45.1 Å².